The first kappa shape index (κ1) is 11.8. The van der Waals surface area contributed by atoms with Crippen LogP contribution in [-0.4, -0.2) is 22.1 Å². The summed E-state index contributed by atoms with van der Waals surface area (Å²) in [5.41, 5.74) is 5.75. The van der Waals surface area contributed by atoms with E-state index in [4.69, 9.17) is 5.73 Å². The second-order valence-corrected chi connectivity index (χ2v) is 5.69. The van der Waals surface area contributed by atoms with Crippen LogP contribution in [-0.2, 0) is 0 Å². The Hall–Kier alpha value is -1.65. The molecule has 0 radical (unpaired) electrons. The molecule has 1 amide bonds. The van der Waals surface area contributed by atoms with Crippen molar-refractivity contribution in [1.82, 2.24) is 10.2 Å². The van der Waals surface area contributed by atoms with Gasteiger partial charge in [0.15, 0.2) is 5.69 Å². The van der Waals surface area contributed by atoms with Crippen LogP contribution in [0.4, 0.5) is 5.82 Å². The van der Waals surface area contributed by atoms with Crippen molar-refractivity contribution in [2.24, 2.45) is 16.6 Å². The highest BCUT2D eigenvalue weighted by Crippen LogP contribution is 2.63. The Balaban J connectivity index is 2.09. The molecule has 0 aromatic carbocycles. The first-order valence-electron chi connectivity index (χ1n) is 5.67. The molecule has 0 saturated heterocycles. The second kappa shape index (κ2) is 3.42. The predicted molar refractivity (Wildman–Crippen MR) is 65.5 cm³/mol. The number of hydrogen-bond donors (Lipinski definition) is 2. The molecule has 0 atom stereocenters. The summed E-state index contributed by atoms with van der Waals surface area (Å²) in [5.74, 6) is 0.120. The average Bonchev–Trinajstić information content (AvgIpc) is 2.62. The van der Waals surface area contributed by atoms with Crippen LogP contribution in [0, 0.1) is 10.8 Å². The van der Waals surface area contributed by atoms with Gasteiger partial charge < -0.3 is 11.1 Å². The molecule has 92 valence electrons. The van der Waals surface area contributed by atoms with Crippen molar-refractivity contribution >= 4 is 11.7 Å². The second-order valence-electron chi connectivity index (χ2n) is 5.69. The zero-order valence-electron chi connectivity index (χ0n) is 10.6. The number of hydrogen-bond acceptors (Lipinski definition) is 4. The molecule has 1 aliphatic carbocycles. The number of nitrogens with one attached hydrogen (secondary N) is 1. The minimum atomic E-state index is -0.559. The number of rotatable bonds is 3. The van der Waals surface area contributed by atoms with Crippen LogP contribution >= 0.6 is 0 Å². The molecule has 0 spiro atoms. The lowest BCUT2D eigenvalue weighted by Crippen LogP contribution is -2.16. The molecule has 2 rings (SSSR count). The van der Waals surface area contributed by atoms with Crippen LogP contribution in [0.25, 0.3) is 0 Å². The SMILES string of the molecule is CC1(C)C(Nc2ccc(C(N)=O)nn2)C1(C)C. The minimum Gasteiger partial charge on any atom is -0.365 e. The lowest BCUT2D eigenvalue weighted by Gasteiger charge is -2.06. The van der Waals surface area contributed by atoms with Crippen molar-refractivity contribution in [2.75, 3.05) is 5.32 Å². The molecular formula is C12H18N4O. The Kier molecular flexibility index (Phi) is 2.38. The third-order valence-corrected chi connectivity index (χ3v) is 4.23. The fourth-order valence-electron chi connectivity index (χ4n) is 2.25. The zero-order valence-corrected chi connectivity index (χ0v) is 10.6. The molecular weight excluding hydrogens is 216 g/mol. The molecule has 1 saturated carbocycles. The number of amides is 1. The number of carbonyl (C=O) groups excluding carboxylic acids is 1. The van der Waals surface area contributed by atoms with E-state index < -0.39 is 5.91 Å². The average molecular weight is 234 g/mol. The molecule has 0 aliphatic heterocycles. The van der Waals surface area contributed by atoms with Crippen LogP contribution in [0.2, 0.25) is 0 Å². The van der Waals surface area contributed by atoms with Crippen LogP contribution < -0.4 is 11.1 Å². The van der Waals surface area contributed by atoms with Crippen LogP contribution in [0.5, 0.6) is 0 Å². The topological polar surface area (TPSA) is 80.9 Å². The summed E-state index contributed by atoms with van der Waals surface area (Å²) >= 11 is 0. The number of carbonyl (C=O) groups is 1. The fourth-order valence-corrected chi connectivity index (χ4v) is 2.25. The Morgan fingerprint density at radius 2 is 1.82 bits per heavy atom. The summed E-state index contributed by atoms with van der Waals surface area (Å²) in [6.45, 7) is 8.87. The monoisotopic (exact) mass is 234 g/mol. The third kappa shape index (κ3) is 1.75. The van der Waals surface area contributed by atoms with E-state index in [0.717, 1.165) is 0 Å². The highest BCUT2D eigenvalue weighted by Gasteiger charge is 2.65. The lowest BCUT2D eigenvalue weighted by atomic mass is 10.0. The smallest absolute Gasteiger partial charge is 0.269 e. The van der Waals surface area contributed by atoms with Gasteiger partial charge in [-0.2, -0.15) is 0 Å². The number of anilines is 1. The van der Waals surface area contributed by atoms with Gasteiger partial charge in [0.05, 0.1) is 0 Å². The van der Waals surface area contributed by atoms with Gasteiger partial charge in [-0.15, -0.1) is 10.2 Å². The predicted octanol–water partition coefficient (Wildman–Crippen LogP) is 1.42. The highest BCUT2D eigenvalue weighted by atomic mass is 16.1. The van der Waals surface area contributed by atoms with Gasteiger partial charge in [-0.05, 0) is 23.0 Å². The first-order chi connectivity index (χ1) is 7.76. The third-order valence-electron chi connectivity index (χ3n) is 4.23. The molecule has 5 heteroatoms. The molecule has 1 aromatic rings. The van der Waals surface area contributed by atoms with Crippen molar-refractivity contribution in [2.45, 2.75) is 33.7 Å². The zero-order chi connectivity index (χ0) is 12.8. The van der Waals surface area contributed by atoms with Gasteiger partial charge >= 0.3 is 0 Å². The van der Waals surface area contributed by atoms with E-state index in [-0.39, 0.29) is 16.5 Å². The van der Waals surface area contributed by atoms with Gasteiger partial charge in [-0.25, -0.2) is 0 Å². The molecule has 5 nitrogen and oxygen atoms in total. The summed E-state index contributed by atoms with van der Waals surface area (Å²) < 4.78 is 0. The normalized spacial score (nSPS) is 20.9. The van der Waals surface area contributed by atoms with E-state index in [9.17, 15) is 4.79 Å². The number of nitrogens with two attached hydrogens (primary N) is 1. The van der Waals surface area contributed by atoms with Gasteiger partial charge in [0.2, 0.25) is 0 Å². The molecule has 3 N–H and O–H groups in total. The fraction of sp³-hybridized carbons (Fsp3) is 0.583. The van der Waals surface area contributed by atoms with Gasteiger partial charge in [-0.3, -0.25) is 4.79 Å². The van der Waals surface area contributed by atoms with Crippen molar-refractivity contribution in [3.63, 3.8) is 0 Å². The van der Waals surface area contributed by atoms with E-state index in [1.54, 1.807) is 12.1 Å². The maximum absolute atomic E-state index is 10.9. The Labute approximate surface area is 101 Å². The summed E-state index contributed by atoms with van der Waals surface area (Å²) in [6.07, 6.45) is 0. The number of nitrogens with zero attached hydrogens (tertiary/aromatic N) is 2. The van der Waals surface area contributed by atoms with Crippen molar-refractivity contribution in [3.05, 3.63) is 17.8 Å². The van der Waals surface area contributed by atoms with Crippen LogP contribution in [0.1, 0.15) is 38.2 Å². The van der Waals surface area contributed by atoms with Crippen molar-refractivity contribution < 1.29 is 4.79 Å². The van der Waals surface area contributed by atoms with E-state index in [2.05, 4.69) is 43.2 Å². The largest absolute Gasteiger partial charge is 0.365 e. The summed E-state index contributed by atoms with van der Waals surface area (Å²) in [6, 6.07) is 3.68. The Morgan fingerprint density at radius 3 is 2.18 bits per heavy atom. The van der Waals surface area contributed by atoms with Gasteiger partial charge in [0, 0.05) is 6.04 Å². The number of primary amides is 1. The van der Waals surface area contributed by atoms with Crippen molar-refractivity contribution in [3.8, 4) is 0 Å². The van der Waals surface area contributed by atoms with E-state index >= 15 is 0 Å². The quantitative estimate of drug-likeness (QED) is 0.828. The van der Waals surface area contributed by atoms with Crippen molar-refractivity contribution in [1.29, 1.82) is 0 Å². The van der Waals surface area contributed by atoms with Crippen LogP contribution in [0.3, 0.4) is 0 Å². The van der Waals surface area contributed by atoms with Crippen LogP contribution in [0.15, 0.2) is 12.1 Å². The maximum Gasteiger partial charge on any atom is 0.269 e. The summed E-state index contributed by atoms with van der Waals surface area (Å²) in [7, 11) is 0. The lowest BCUT2D eigenvalue weighted by molar-refractivity contribution is 0.0994. The number of aromatic nitrogens is 2. The van der Waals surface area contributed by atoms with E-state index in [1.807, 2.05) is 0 Å². The molecule has 17 heavy (non-hydrogen) atoms. The molecule has 1 aliphatic rings. The molecule has 0 unspecified atom stereocenters. The van der Waals surface area contributed by atoms with E-state index in [1.165, 1.54) is 0 Å². The Morgan fingerprint density at radius 1 is 1.24 bits per heavy atom. The Bertz CT molecular complexity index is 436. The molecule has 1 fully saturated rings. The van der Waals surface area contributed by atoms with Gasteiger partial charge in [-0.1, -0.05) is 27.7 Å². The molecule has 1 aromatic heterocycles. The van der Waals surface area contributed by atoms with Gasteiger partial charge in [0.25, 0.3) is 5.91 Å². The molecule has 0 bridgehead atoms. The first-order valence-corrected chi connectivity index (χ1v) is 5.67. The summed E-state index contributed by atoms with van der Waals surface area (Å²) in [4.78, 5) is 10.9. The molecule has 1 heterocycles. The minimum absolute atomic E-state index is 0.185. The maximum atomic E-state index is 10.9. The van der Waals surface area contributed by atoms with E-state index in [0.29, 0.717) is 11.9 Å². The summed E-state index contributed by atoms with van der Waals surface area (Å²) in [5, 5.41) is 11.1. The van der Waals surface area contributed by atoms with Gasteiger partial charge in [0.1, 0.15) is 5.82 Å². The highest BCUT2D eigenvalue weighted by molar-refractivity contribution is 5.90. The standard InChI is InChI=1S/C12H18N4O/c1-11(2)10(12(11,3)4)14-8-6-5-7(9(13)17)15-16-8/h5-6,10H,1-4H3,(H2,13,17)(H,14,16).